The molecule has 0 atom stereocenters. The number of likely N-dealkylation sites (tertiary alicyclic amines) is 1. The van der Waals surface area contributed by atoms with Crippen molar-refractivity contribution in [2.45, 2.75) is 6.42 Å². The summed E-state index contributed by atoms with van der Waals surface area (Å²) >= 11 is 0. The average molecular weight is 173 g/mol. The number of benzene rings is 1. The van der Waals surface area contributed by atoms with Gasteiger partial charge in [-0.25, -0.2) is 0 Å². The van der Waals surface area contributed by atoms with E-state index in [1.807, 2.05) is 37.0 Å². The molecule has 2 nitrogen and oxygen atoms in total. The second kappa shape index (κ2) is 3.25. The van der Waals surface area contributed by atoms with Crippen molar-refractivity contribution in [3.63, 3.8) is 0 Å². The SMILES string of the molecule is Bc1ccc(C(=O)N2CCC2)cc1. The number of carbonyl (C=O) groups excluding carboxylic acids is 1. The van der Waals surface area contributed by atoms with Gasteiger partial charge in [-0.15, -0.1) is 0 Å². The number of nitrogens with zero attached hydrogens (tertiary/aromatic N) is 1. The topological polar surface area (TPSA) is 20.3 Å². The Morgan fingerprint density at radius 3 is 2.31 bits per heavy atom. The molecule has 0 aliphatic carbocycles. The van der Waals surface area contributed by atoms with Crippen LogP contribution in [0.1, 0.15) is 16.8 Å². The summed E-state index contributed by atoms with van der Waals surface area (Å²) in [4.78, 5) is 13.5. The Hall–Kier alpha value is -1.25. The Balaban J connectivity index is 2.15. The molecule has 1 heterocycles. The molecule has 2 rings (SSSR count). The van der Waals surface area contributed by atoms with Crippen LogP contribution in [0.2, 0.25) is 0 Å². The van der Waals surface area contributed by atoms with Gasteiger partial charge in [-0.05, 0) is 6.42 Å². The van der Waals surface area contributed by atoms with E-state index in [0.29, 0.717) is 0 Å². The van der Waals surface area contributed by atoms with Crippen molar-refractivity contribution >= 4 is 19.2 Å². The maximum atomic E-state index is 11.7. The first-order valence-corrected chi connectivity index (χ1v) is 4.63. The first-order valence-electron chi connectivity index (χ1n) is 4.63. The van der Waals surface area contributed by atoms with Gasteiger partial charge in [-0.1, -0.05) is 29.7 Å². The maximum Gasteiger partial charge on any atom is 0.253 e. The molecule has 0 aromatic heterocycles. The standard InChI is InChI=1S/C10H12BNO/c11-9-4-2-8(3-5-9)10(13)12-6-1-7-12/h2-5H,1,6-7,11H2. The minimum atomic E-state index is 0.172. The zero-order valence-corrected chi connectivity index (χ0v) is 7.79. The normalized spacial score (nSPS) is 15.2. The van der Waals surface area contributed by atoms with Crippen LogP contribution in [-0.4, -0.2) is 31.7 Å². The van der Waals surface area contributed by atoms with Gasteiger partial charge < -0.3 is 4.90 Å². The monoisotopic (exact) mass is 173 g/mol. The number of hydrogen-bond acceptors (Lipinski definition) is 1. The molecular weight excluding hydrogens is 161 g/mol. The van der Waals surface area contributed by atoms with E-state index in [1.165, 1.54) is 5.46 Å². The van der Waals surface area contributed by atoms with Gasteiger partial charge >= 0.3 is 0 Å². The molecule has 1 fully saturated rings. The molecule has 0 saturated carbocycles. The van der Waals surface area contributed by atoms with E-state index in [2.05, 4.69) is 0 Å². The zero-order valence-electron chi connectivity index (χ0n) is 7.79. The fraction of sp³-hybridized carbons (Fsp3) is 0.300. The minimum absolute atomic E-state index is 0.172. The second-order valence-corrected chi connectivity index (χ2v) is 3.51. The predicted molar refractivity (Wildman–Crippen MR) is 55.1 cm³/mol. The summed E-state index contributed by atoms with van der Waals surface area (Å²) in [5.74, 6) is 0.172. The predicted octanol–water partition coefficient (Wildman–Crippen LogP) is -0.209. The van der Waals surface area contributed by atoms with Crippen LogP contribution in [0.5, 0.6) is 0 Å². The Kier molecular flexibility index (Phi) is 2.09. The summed E-state index contributed by atoms with van der Waals surface area (Å²) in [5.41, 5.74) is 2.01. The molecule has 3 heteroatoms. The highest BCUT2D eigenvalue weighted by Gasteiger charge is 2.20. The first kappa shape index (κ1) is 8.36. The van der Waals surface area contributed by atoms with E-state index in [4.69, 9.17) is 0 Å². The third-order valence-corrected chi connectivity index (χ3v) is 2.44. The van der Waals surface area contributed by atoms with Gasteiger partial charge in [0.1, 0.15) is 7.85 Å². The highest BCUT2D eigenvalue weighted by molar-refractivity contribution is 6.32. The molecule has 0 spiro atoms. The molecule has 1 amide bonds. The first-order chi connectivity index (χ1) is 6.27. The van der Waals surface area contributed by atoms with Gasteiger partial charge in [-0.2, -0.15) is 0 Å². The van der Waals surface area contributed by atoms with Crippen LogP contribution in [-0.2, 0) is 0 Å². The molecule has 13 heavy (non-hydrogen) atoms. The van der Waals surface area contributed by atoms with Gasteiger partial charge in [-0.3, -0.25) is 4.79 Å². The average Bonchev–Trinajstić information content (AvgIpc) is 2.02. The Bertz CT molecular complexity index is 316. The Labute approximate surface area is 79.0 Å². The number of rotatable bonds is 1. The van der Waals surface area contributed by atoms with E-state index >= 15 is 0 Å². The fourth-order valence-electron chi connectivity index (χ4n) is 1.40. The van der Waals surface area contributed by atoms with Crippen LogP contribution < -0.4 is 5.46 Å². The Morgan fingerprint density at radius 2 is 1.85 bits per heavy atom. The van der Waals surface area contributed by atoms with Crippen LogP contribution in [0.25, 0.3) is 0 Å². The third kappa shape index (κ3) is 1.59. The van der Waals surface area contributed by atoms with Crippen LogP contribution in [0.15, 0.2) is 24.3 Å². The molecule has 1 aromatic rings. The molecule has 66 valence electrons. The van der Waals surface area contributed by atoms with Crippen molar-refractivity contribution in [3.8, 4) is 0 Å². The van der Waals surface area contributed by atoms with E-state index in [0.717, 1.165) is 25.1 Å². The van der Waals surface area contributed by atoms with Crippen molar-refractivity contribution in [1.82, 2.24) is 4.90 Å². The molecule has 1 aliphatic rings. The lowest BCUT2D eigenvalue weighted by Gasteiger charge is -2.30. The van der Waals surface area contributed by atoms with Crippen molar-refractivity contribution < 1.29 is 4.79 Å². The molecule has 1 aromatic carbocycles. The largest absolute Gasteiger partial charge is 0.339 e. The lowest BCUT2D eigenvalue weighted by atomic mass is 9.95. The zero-order chi connectivity index (χ0) is 9.26. The van der Waals surface area contributed by atoms with Crippen LogP contribution in [0, 0.1) is 0 Å². The van der Waals surface area contributed by atoms with Crippen molar-refractivity contribution in [1.29, 1.82) is 0 Å². The lowest BCUT2D eigenvalue weighted by Crippen LogP contribution is -2.42. The smallest absolute Gasteiger partial charge is 0.253 e. The summed E-state index contributed by atoms with van der Waals surface area (Å²) in [6, 6.07) is 7.76. The molecule has 0 N–H and O–H groups in total. The summed E-state index contributed by atoms with van der Waals surface area (Å²) in [6.45, 7) is 1.85. The van der Waals surface area contributed by atoms with Crippen LogP contribution in [0.4, 0.5) is 0 Å². The number of carbonyl (C=O) groups is 1. The molecule has 0 bridgehead atoms. The summed E-state index contributed by atoms with van der Waals surface area (Å²) in [5, 5.41) is 0. The highest BCUT2D eigenvalue weighted by Crippen LogP contribution is 2.11. The van der Waals surface area contributed by atoms with E-state index in [1.54, 1.807) is 0 Å². The summed E-state index contributed by atoms with van der Waals surface area (Å²) in [7, 11) is 2.03. The van der Waals surface area contributed by atoms with Crippen LogP contribution >= 0.6 is 0 Å². The lowest BCUT2D eigenvalue weighted by molar-refractivity contribution is 0.0652. The number of amides is 1. The molecule has 1 aliphatic heterocycles. The second-order valence-electron chi connectivity index (χ2n) is 3.51. The molecular formula is C10H12BNO. The Morgan fingerprint density at radius 1 is 1.23 bits per heavy atom. The number of hydrogen-bond donors (Lipinski definition) is 0. The quantitative estimate of drug-likeness (QED) is 0.538. The van der Waals surface area contributed by atoms with Crippen molar-refractivity contribution in [2.24, 2.45) is 0 Å². The summed E-state index contributed by atoms with van der Waals surface area (Å²) in [6.07, 6.45) is 1.15. The van der Waals surface area contributed by atoms with Crippen LogP contribution in [0.3, 0.4) is 0 Å². The van der Waals surface area contributed by atoms with Gasteiger partial charge in [0, 0.05) is 18.7 Å². The highest BCUT2D eigenvalue weighted by atomic mass is 16.2. The molecule has 1 saturated heterocycles. The minimum Gasteiger partial charge on any atom is -0.339 e. The van der Waals surface area contributed by atoms with Gasteiger partial charge in [0.15, 0.2) is 0 Å². The summed E-state index contributed by atoms with van der Waals surface area (Å²) < 4.78 is 0. The van der Waals surface area contributed by atoms with E-state index in [-0.39, 0.29) is 5.91 Å². The van der Waals surface area contributed by atoms with Crippen molar-refractivity contribution in [2.75, 3.05) is 13.1 Å². The fourth-order valence-corrected chi connectivity index (χ4v) is 1.40. The molecule has 0 radical (unpaired) electrons. The van der Waals surface area contributed by atoms with Gasteiger partial charge in [0.25, 0.3) is 5.91 Å². The van der Waals surface area contributed by atoms with Gasteiger partial charge in [0.2, 0.25) is 0 Å². The van der Waals surface area contributed by atoms with E-state index < -0.39 is 0 Å². The van der Waals surface area contributed by atoms with Crippen molar-refractivity contribution in [3.05, 3.63) is 29.8 Å². The van der Waals surface area contributed by atoms with E-state index in [9.17, 15) is 4.79 Å². The molecule has 0 unspecified atom stereocenters. The third-order valence-electron chi connectivity index (χ3n) is 2.44. The maximum absolute atomic E-state index is 11.7. The van der Waals surface area contributed by atoms with Gasteiger partial charge in [0.05, 0.1) is 0 Å².